The van der Waals surface area contributed by atoms with Gasteiger partial charge in [-0.3, -0.25) is 4.79 Å². The summed E-state index contributed by atoms with van der Waals surface area (Å²) in [5.74, 6) is 1.35. The number of hydrogen-bond donors (Lipinski definition) is 1. The van der Waals surface area contributed by atoms with Crippen molar-refractivity contribution < 1.29 is 14.3 Å². The highest BCUT2D eigenvalue weighted by atomic mass is 16.5. The number of carbonyl (C=O) groups excluding carboxylic acids is 1. The molecule has 0 fully saturated rings. The maximum Gasteiger partial charge on any atom is 0.260 e. The van der Waals surface area contributed by atoms with E-state index in [0.29, 0.717) is 18.9 Å². The molecule has 0 saturated heterocycles. The molecule has 2 aromatic rings. The maximum atomic E-state index is 12.1. The van der Waals surface area contributed by atoms with Gasteiger partial charge in [0.15, 0.2) is 6.10 Å². The highest BCUT2D eigenvalue weighted by molar-refractivity contribution is 5.80. The van der Waals surface area contributed by atoms with Crippen LogP contribution in [0.5, 0.6) is 11.5 Å². The van der Waals surface area contributed by atoms with E-state index >= 15 is 0 Å². The van der Waals surface area contributed by atoms with Crippen LogP contribution in [0.1, 0.15) is 23.6 Å². The molecule has 0 radical (unpaired) electrons. The van der Waals surface area contributed by atoms with Crippen molar-refractivity contribution >= 4 is 5.91 Å². The minimum Gasteiger partial charge on any atom is -0.492 e. The number of nitrogens with one attached hydrogen (secondary N) is 1. The van der Waals surface area contributed by atoms with E-state index in [0.717, 1.165) is 11.3 Å². The summed E-state index contributed by atoms with van der Waals surface area (Å²) in [6.07, 6.45) is -0.550. The minimum atomic E-state index is -0.550. The molecule has 0 aliphatic carbocycles. The Hall–Kier alpha value is -2.49. The van der Waals surface area contributed by atoms with Crippen LogP contribution in [0.15, 0.2) is 42.5 Å². The molecular formula is C20H25NO3. The largest absolute Gasteiger partial charge is 0.492 e. The Morgan fingerprint density at radius 1 is 1.00 bits per heavy atom. The van der Waals surface area contributed by atoms with Gasteiger partial charge >= 0.3 is 0 Å². The molecule has 0 heterocycles. The topological polar surface area (TPSA) is 47.6 Å². The fraction of sp³-hybridized carbons (Fsp3) is 0.350. The second kappa shape index (κ2) is 8.39. The summed E-state index contributed by atoms with van der Waals surface area (Å²) in [5.41, 5.74) is 3.53. The van der Waals surface area contributed by atoms with Crippen molar-refractivity contribution in [1.29, 1.82) is 0 Å². The summed E-state index contributed by atoms with van der Waals surface area (Å²) >= 11 is 0. The Labute approximate surface area is 143 Å². The fourth-order valence-corrected chi connectivity index (χ4v) is 2.17. The first-order valence-electron chi connectivity index (χ1n) is 8.17. The average molecular weight is 327 g/mol. The zero-order valence-corrected chi connectivity index (χ0v) is 14.8. The zero-order valence-electron chi connectivity index (χ0n) is 14.8. The molecular weight excluding hydrogens is 302 g/mol. The van der Waals surface area contributed by atoms with Gasteiger partial charge in [-0.25, -0.2) is 0 Å². The molecule has 0 bridgehead atoms. The molecule has 24 heavy (non-hydrogen) atoms. The molecule has 0 aliphatic rings. The van der Waals surface area contributed by atoms with Crippen LogP contribution >= 0.6 is 0 Å². The first-order valence-corrected chi connectivity index (χ1v) is 8.17. The van der Waals surface area contributed by atoms with Gasteiger partial charge < -0.3 is 14.8 Å². The summed E-state index contributed by atoms with van der Waals surface area (Å²) in [4.78, 5) is 12.1. The van der Waals surface area contributed by atoms with Gasteiger partial charge in [0.1, 0.15) is 18.1 Å². The summed E-state index contributed by atoms with van der Waals surface area (Å²) in [7, 11) is 0. The molecule has 0 saturated carbocycles. The Kier molecular flexibility index (Phi) is 6.24. The number of carbonyl (C=O) groups is 1. The van der Waals surface area contributed by atoms with Gasteiger partial charge in [-0.05, 0) is 63.1 Å². The normalized spacial score (nSPS) is 11.7. The number of amides is 1. The van der Waals surface area contributed by atoms with Gasteiger partial charge in [-0.1, -0.05) is 23.8 Å². The highest BCUT2D eigenvalue weighted by Crippen LogP contribution is 2.17. The van der Waals surface area contributed by atoms with E-state index in [1.54, 1.807) is 6.92 Å². The lowest BCUT2D eigenvalue weighted by Gasteiger charge is -2.15. The molecule has 2 aromatic carbocycles. The van der Waals surface area contributed by atoms with E-state index in [-0.39, 0.29) is 5.91 Å². The van der Waals surface area contributed by atoms with E-state index in [9.17, 15) is 4.79 Å². The van der Waals surface area contributed by atoms with Crippen molar-refractivity contribution in [2.75, 3.05) is 13.2 Å². The Morgan fingerprint density at radius 2 is 1.67 bits per heavy atom. The molecule has 4 nitrogen and oxygen atoms in total. The molecule has 4 heteroatoms. The standard InChI is InChI=1S/C20H25NO3/c1-14-5-8-18(9-6-14)23-12-11-21-20(22)17(4)24-19-10-7-15(2)16(3)13-19/h5-10,13,17H,11-12H2,1-4H3,(H,21,22). The van der Waals surface area contributed by atoms with Crippen molar-refractivity contribution in [3.8, 4) is 11.5 Å². The van der Waals surface area contributed by atoms with Crippen molar-refractivity contribution in [3.05, 3.63) is 59.2 Å². The quantitative estimate of drug-likeness (QED) is 0.791. The number of benzene rings is 2. The van der Waals surface area contributed by atoms with Crippen molar-refractivity contribution in [3.63, 3.8) is 0 Å². The molecule has 0 spiro atoms. The Bertz CT molecular complexity index is 680. The SMILES string of the molecule is Cc1ccc(OCCNC(=O)C(C)Oc2ccc(C)c(C)c2)cc1. The second-order valence-corrected chi connectivity index (χ2v) is 5.96. The first-order chi connectivity index (χ1) is 11.5. The van der Waals surface area contributed by atoms with Gasteiger partial charge in [0.25, 0.3) is 5.91 Å². The third-order valence-electron chi connectivity index (χ3n) is 3.85. The van der Waals surface area contributed by atoms with Crippen molar-refractivity contribution in [2.45, 2.75) is 33.8 Å². The van der Waals surface area contributed by atoms with Gasteiger partial charge in [0.2, 0.25) is 0 Å². The summed E-state index contributed by atoms with van der Waals surface area (Å²) in [6, 6.07) is 13.6. The third-order valence-corrected chi connectivity index (χ3v) is 3.85. The Balaban J connectivity index is 1.73. The minimum absolute atomic E-state index is 0.152. The smallest absolute Gasteiger partial charge is 0.260 e. The Morgan fingerprint density at radius 3 is 2.33 bits per heavy atom. The van der Waals surface area contributed by atoms with Crippen molar-refractivity contribution in [1.82, 2.24) is 5.32 Å². The fourth-order valence-electron chi connectivity index (χ4n) is 2.17. The van der Waals surface area contributed by atoms with E-state index in [2.05, 4.69) is 5.32 Å². The summed E-state index contributed by atoms with van der Waals surface area (Å²) in [5, 5.41) is 2.82. The van der Waals surface area contributed by atoms with Crippen LogP contribution < -0.4 is 14.8 Å². The van der Waals surface area contributed by atoms with Crippen LogP contribution in [0.2, 0.25) is 0 Å². The lowest BCUT2D eigenvalue weighted by Crippen LogP contribution is -2.38. The van der Waals surface area contributed by atoms with E-state index in [4.69, 9.17) is 9.47 Å². The monoisotopic (exact) mass is 327 g/mol. The van der Waals surface area contributed by atoms with Gasteiger partial charge in [0, 0.05) is 0 Å². The zero-order chi connectivity index (χ0) is 17.5. The molecule has 0 aromatic heterocycles. The van der Waals surface area contributed by atoms with Crippen LogP contribution in [-0.2, 0) is 4.79 Å². The molecule has 128 valence electrons. The predicted octanol–water partition coefficient (Wildman–Crippen LogP) is 3.57. The summed E-state index contributed by atoms with van der Waals surface area (Å²) < 4.78 is 11.3. The number of aryl methyl sites for hydroxylation is 3. The van der Waals surface area contributed by atoms with Crippen LogP contribution in [0.25, 0.3) is 0 Å². The number of hydrogen-bond acceptors (Lipinski definition) is 3. The van der Waals surface area contributed by atoms with Gasteiger partial charge in [0.05, 0.1) is 6.54 Å². The van der Waals surface area contributed by atoms with Crippen molar-refractivity contribution in [2.24, 2.45) is 0 Å². The first kappa shape index (κ1) is 17.9. The highest BCUT2D eigenvalue weighted by Gasteiger charge is 2.14. The second-order valence-electron chi connectivity index (χ2n) is 5.96. The van der Waals surface area contributed by atoms with Crippen LogP contribution in [0.3, 0.4) is 0 Å². The lowest BCUT2D eigenvalue weighted by molar-refractivity contribution is -0.127. The molecule has 0 aliphatic heterocycles. The maximum absolute atomic E-state index is 12.1. The van der Waals surface area contributed by atoms with Gasteiger partial charge in [-0.2, -0.15) is 0 Å². The average Bonchev–Trinajstić information content (AvgIpc) is 2.56. The van der Waals surface area contributed by atoms with Gasteiger partial charge in [-0.15, -0.1) is 0 Å². The molecule has 1 amide bonds. The predicted molar refractivity (Wildman–Crippen MR) is 95.7 cm³/mol. The molecule has 1 unspecified atom stereocenters. The van der Waals surface area contributed by atoms with E-state index in [1.807, 2.05) is 63.2 Å². The lowest BCUT2D eigenvalue weighted by atomic mass is 10.1. The van der Waals surface area contributed by atoms with E-state index in [1.165, 1.54) is 11.1 Å². The third kappa shape index (κ3) is 5.30. The molecule has 2 rings (SSSR count). The van der Waals surface area contributed by atoms with Crippen LogP contribution in [0, 0.1) is 20.8 Å². The molecule has 1 N–H and O–H groups in total. The summed E-state index contributed by atoms with van der Waals surface area (Å²) in [6.45, 7) is 8.70. The number of ether oxygens (including phenoxy) is 2. The van der Waals surface area contributed by atoms with E-state index < -0.39 is 6.10 Å². The number of rotatable bonds is 7. The molecule has 1 atom stereocenters. The van der Waals surface area contributed by atoms with Crippen LogP contribution in [0.4, 0.5) is 0 Å². The van der Waals surface area contributed by atoms with Crippen LogP contribution in [-0.4, -0.2) is 25.2 Å².